The molecule has 0 fully saturated rings. The molecule has 1 heterocycles. The monoisotopic (exact) mass is 262 g/mol. The first-order valence-corrected chi connectivity index (χ1v) is 6.26. The van der Waals surface area contributed by atoms with Gasteiger partial charge in [0.05, 0.1) is 25.2 Å². The van der Waals surface area contributed by atoms with Crippen molar-refractivity contribution in [3.05, 3.63) is 30.2 Å². The highest BCUT2D eigenvalue weighted by Crippen LogP contribution is 2.27. The van der Waals surface area contributed by atoms with Crippen molar-refractivity contribution in [2.24, 2.45) is 5.92 Å². The number of hydrogen-bond acceptors (Lipinski definition) is 5. The number of methoxy groups -OCH3 is 1. The third kappa shape index (κ3) is 3.12. The molecule has 0 spiro atoms. The van der Waals surface area contributed by atoms with E-state index in [2.05, 4.69) is 10.1 Å². The number of nitrogens with zero attached hydrogens (tertiary/aromatic N) is 2. The minimum absolute atomic E-state index is 0.154. The summed E-state index contributed by atoms with van der Waals surface area (Å²) in [6.07, 6.45) is -0.120. The number of ether oxygens (including phenoxy) is 1. The van der Waals surface area contributed by atoms with Crippen molar-refractivity contribution in [1.29, 1.82) is 0 Å². The predicted octanol–water partition coefficient (Wildman–Crippen LogP) is 2.30. The van der Waals surface area contributed by atoms with E-state index in [0.717, 1.165) is 5.56 Å². The Labute approximate surface area is 112 Å². The van der Waals surface area contributed by atoms with Crippen LogP contribution in [0.25, 0.3) is 11.4 Å². The van der Waals surface area contributed by atoms with E-state index in [4.69, 9.17) is 9.26 Å². The molecular formula is C14H18N2O3. The van der Waals surface area contributed by atoms with Gasteiger partial charge in [0.15, 0.2) is 0 Å². The van der Waals surface area contributed by atoms with E-state index < -0.39 is 6.10 Å². The number of aliphatic hydroxyl groups excluding tert-OH is 1. The normalized spacial score (nSPS) is 12.7. The Kier molecular flexibility index (Phi) is 4.16. The van der Waals surface area contributed by atoms with E-state index in [1.54, 1.807) is 7.11 Å². The summed E-state index contributed by atoms with van der Waals surface area (Å²) in [7, 11) is 1.60. The first-order chi connectivity index (χ1) is 9.11. The van der Waals surface area contributed by atoms with E-state index in [9.17, 15) is 5.11 Å². The summed E-state index contributed by atoms with van der Waals surface area (Å²) in [5, 5.41) is 13.7. The summed E-state index contributed by atoms with van der Waals surface area (Å²) in [5.41, 5.74) is 0.777. The summed E-state index contributed by atoms with van der Waals surface area (Å²) in [6, 6.07) is 7.48. The quantitative estimate of drug-likeness (QED) is 0.895. The molecule has 1 aromatic carbocycles. The average Bonchev–Trinajstić information content (AvgIpc) is 2.86. The Balaban J connectivity index is 2.21. The van der Waals surface area contributed by atoms with Gasteiger partial charge in [-0.05, 0) is 18.1 Å². The minimum Gasteiger partial charge on any atom is -0.496 e. The molecule has 1 unspecified atom stereocenters. The Hall–Kier alpha value is -1.88. The van der Waals surface area contributed by atoms with Gasteiger partial charge in [0.1, 0.15) is 5.75 Å². The van der Waals surface area contributed by atoms with Crippen LogP contribution in [-0.4, -0.2) is 28.5 Å². The van der Waals surface area contributed by atoms with Crippen molar-refractivity contribution in [3.63, 3.8) is 0 Å². The van der Waals surface area contributed by atoms with Gasteiger partial charge in [-0.3, -0.25) is 0 Å². The molecule has 5 heteroatoms. The van der Waals surface area contributed by atoms with Crippen molar-refractivity contribution in [1.82, 2.24) is 10.1 Å². The molecule has 0 saturated carbocycles. The van der Waals surface area contributed by atoms with E-state index >= 15 is 0 Å². The third-order valence-corrected chi connectivity index (χ3v) is 2.97. The minimum atomic E-state index is -0.481. The van der Waals surface area contributed by atoms with Crippen LogP contribution in [0.2, 0.25) is 0 Å². The maximum Gasteiger partial charge on any atom is 0.229 e. The first kappa shape index (κ1) is 13.5. The summed E-state index contributed by atoms with van der Waals surface area (Å²) in [5.74, 6) is 1.76. The van der Waals surface area contributed by atoms with Gasteiger partial charge in [-0.2, -0.15) is 4.98 Å². The highest BCUT2D eigenvalue weighted by molar-refractivity contribution is 5.63. The fourth-order valence-electron chi connectivity index (χ4n) is 1.69. The Bertz CT molecular complexity index is 537. The van der Waals surface area contributed by atoms with Crippen molar-refractivity contribution < 1.29 is 14.4 Å². The molecule has 0 saturated heterocycles. The topological polar surface area (TPSA) is 68.4 Å². The van der Waals surface area contributed by atoms with Gasteiger partial charge in [-0.25, -0.2) is 0 Å². The molecule has 0 radical (unpaired) electrons. The highest BCUT2D eigenvalue weighted by atomic mass is 16.5. The maximum absolute atomic E-state index is 9.81. The predicted molar refractivity (Wildman–Crippen MR) is 70.8 cm³/mol. The van der Waals surface area contributed by atoms with Crippen molar-refractivity contribution in [2.75, 3.05) is 7.11 Å². The zero-order valence-electron chi connectivity index (χ0n) is 11.3. The van der Waals surface area contributed by atoms with Crippen LogP contribution in [0.15, 0.2) is 28.8 Å². The molecule has 0 aliphatic heterocycles. The number of para-hydroxylation sites is 1. The van der Waals surface area contributed by atoms with Gasteiger partial charge in [0.25, 0.3) is 0 Å². The van der Waals surface area contributed by atoms with E-state index in [1.807, 2.05) is 38.1 Å². The molecule has 5 nitrogen and oxygen atoms in total. The lowest BCUT2D eigenvalue weighted by atomic mass is 10.0. The second kappa shape index (κ2) is 5.84. The van der Waals surface area contributed by atoms with Crippen LogP contribution in [0.5, 0.6) is 5.75 Å². The number of rotatable bonds is 5. The lowest BCUT2D eigenvalue weighted by molar-refractivity contribution is 0.116. The maximum atomic E-state index is 9.81. The van der Waals surface area contributed by atoms with Crippen LogP contribution in [0.4, 0.5) is 0 Å². The van der Waals surface area contributed by atoms with E-state index in [1.165, 1.54) is 0 Å². The molecule has 19 heavy (non-hydrogen) atoms. The molecule has 0 amide bonds. The van der Waals surface area contributed by atoms with Gasteiger partial charge in [-0.1, -0.05) is 31.1 Å². The summed E-state index contributed by atoms with van der Waals surface area (Å²) in [4.78, 5) is 4.29. The number of benzene rings is 1. The van der Waals surface area contributed by atoms with Crippen molar-refractivity contribution in [2.45, 2.75) is 26.4 Å². The van der Waals surface area contributed by atoms with Gasteiger partial charge in [-0.15, -0.1) is 0 Å². The molecule has 0 aliphatic rings. The molecule has 2 aromatic rings. The van der Waals surface area contributed by atoms with Crippen molar-refractivity contribution in [3.8, 4) is 17.1 Å². The standard InChI is InChI=1S/C14H18N2O3/c1-9(2)11(17)8-13-15-14(16-19-13)10-6-4-5-7-12(10)18-3/h4-7,9,11,17H,8H2,1-3H3. The molecule has 1 atom stereocenters. The third-order valence-electron chi connectivity index (χ3n) is 2.97. The van der Waals surface area contributed by atoms with Crippen LogP contribution < -0.4 is 4.74 Å². The number of aliphatic hydroxyl groups is 1. The Morgan fingerprint density at radius 1 is 1.32 bits per heavy atom. The molecule has 2 rings (SSSR count). The van der Waals surface area contributed by atoms with Crippen LogP contribution in [0.1, 0.15) is 19.7 Å². The molecular weight excluding hydrogens is 244 g/mol. The van der Waals surface area contributed by atoms with Gasteiger partial charge < -0.3 is 14.4 Å². The smallest absolute Gasteiger partial charge is 0.229 e. The van der Waals surface area contributed by atoms with E-state index in [0.29, 0.717) is 23.9 Å². The summed E-state index contributed by atoms with van der Waals surface area (Å²) in [6.45, 7) is 3.89. The second-order valence-corrected chi connectivity index (χ2v) is 4.73. The number of aromatic nitrogens is 2. The summed E-state index contributed by atoms with van der Waals surface area (Å²) >= 11 is 0. The van der Waals surface area contributed by atoms with Gasteiger partial charge >= 0.3 is 0 Å². The van der Waals surface area contributed by atoms with Crippen LogP contribution in [0.3, 0.4) is 0 Å². The molecule has 102 valence electrons. The second-order valence-electron chi connectivity index (χ2n) is 4.73. The Morgan fingerprint density at radius 3 is 2.74 bits per heavy atom. The molecule has 0 bridgehead atoms. The first-order valence-electron chi connectivity index (χ1n) is 6.26. The highest BCUT2D eigenvalue weighted by Gasteiger charge is 2.17. The zero-order chi connectivity index (χ0) is 13.8. The summed E-state index contributed by atoms with van der Waals surface area (Å²) < 4.78 is 10.4. The molecule has 1 N–H and O–H groups in total. The van der Waals surface area contributed by atoms with Gasteiger partial charge in [0.2, 0.25) is 11.7 Å². The fourth-order valence-corrected chi connectivity index (χ4v) is 1.69. The van der Waals surface area contributed by atoms with E-state index in [-0.39, 0.29) is 5.92 Å². The van der Waals surface area contributed by atoms with Crippen LogP contribution in [0, 0.1) is 5.92 Å². The van der Waals surface area contributed by atoms with Crippen LogP contribution >= 0.6 is 0 Å². The van der Waals surface area contributed by atoms with Gasteiger partial charge in [0, 0.05) is 0 Å². The average molecular weight is 262 g/mol. The number of hydrogen-bond donors (Lipinski definition) is 1. The zero-order valence-corrected chi connectivity index (χ0v) is 11.3. The molecule has 0 aliphatic carbocycles. The lowest BCUT2D eigenvalue weighted by Crippen LogP contribution is -2.17. The van der Waals surface area contributed by atoms with Crippen LogP contribution in [-0.2, 0) is 6.42 Å². The molecule has 1 aromatic heterocycles. The largest absolute Gasteiger partial charge is 0.496 e. The van der Waals surface area contributed by atoms with Crippen molar-refractivity contribution >= 4 is 0 Å². The Morgan fingerprint density at radius 2 is 2.05 bits per heavy atom. The SMILES string of the molecule is COc1ccccc1-c1noc(CC(O)C(C)C)n1. The lowest BCUT2D eigenvalue weighted by Gasteiger charge is -2.10. The fraction of sp³-hybridized carbons (Fsp3) is 0.429.